The summed E-state index contributed by atoms with van der Waals surface area (Å²) in [5.41, 5.74) is 5.85. The molecule has 0 saturated heterocycles. The number of nitrogens with two attached hydrogens (primary N) is 1. The molecule has 0 aliphatic rings. The van der Waals surface area contributed by atoms with Crippen molar-refractivity contribution in [3.63, 3.8) is 0 Å². The largest absolute Gasteiger partial charge is 0.398 e. The number of nitrogen functional groups attached to an aromatic ring is 1. The molecule has 3 N–H and O–H groups in total. The highest BCUT2D eigenvalue weighted by Gasteiger charge is 2.19. The highest BCUT2D eigenvalue weighted by molar-refractivity contribution is 7.92. The molecule has 0 unspecified atom stereocenters. The molecule has 0 radical (unpaired) electrons. The predicted molar refractivity (Wildman–Crippen MR) is 66.2 cm³/mol. The standard InChI is InChI=1S/C10H8N6O2S/c11-6-7-1-2-9(8(12)5-7)19(17,18)16-10-13-3-4-14-15-10/h1-5H,12H2,(H,13,15,16). The molecule has 0 spiro atoms. The van der Waals surface area contributed by atoms with E-state index in [1.165, 1.54) is 30.6 Å². The van der Waals surface area contributed by atoms with Gasteiger partial charge in [0.1, 0.15) is 4.90 Å². The van der Waals surface area contributed by atoms with Crippen molar-refractivity contribution >= 4 is 21.7 Å². The normalized spacial score (nSPS) is 10.7. The average molecular weight is 276 g/mol. The molecule has 1 aromatic heterocycles. The van der Waals surface area contributed by atoms with Crippen molar-refractivity contribution in [3.8, 4) is 6.07 Å². The van der Waals surface area contributed by atoms with Gasteiger partial charge in [-0.25, -0.2) is 18.1 Å². The van der Waals surface area contributed by atoms with Crippen LogP contribution in [-0.4, -0.2) is 23.6 Å². The van der Waals surface area contributed by atoms with Gasteiger partial charge in [0.05, 0.1) is 29.7 Å². The molecule has 0 fully saturated rings. The van der Waals surface area contributed by atoms with E-state index < -0.39 is 10.0 Å². The first-order valence-corrected chi connectivity index (χ1v) is 6.47. The molecule has 1 heterocycles. The number of nitrogens with one attached hydrogen (secondary N) is 1. The molecular weight excluding hydrogens is 268 g/mol. The van der Waals surface area contributed by atoms with E-state index in [2.05, 4.69) is 19.9 Å². The Balaban J connectivity index is 2.38. The fourth-order valence-corrected chi connectivity index (χ4v) is 2.39. The average Bonchev–Trinajstić information content (AvgIpc) is 2.38. The van der Waals surface area contributed by atoms with Gasteiger partial charge >= 0.3 is 0 Å². The number of rotatable bonds is 3. The van der Waals surface area contributed by atoms with Crippen molar-refractivity contribution in [2.75, 3.05) is 10.5 Å². The molecule has 19 heavy (non-hydrogen) atoms. The van der Waals surface area contributed by atoms with Crippen LogP contribution < -0.4 is 10.5 Å². The maximum absolute atomic E-state index is 12.0. The number of anilines is 2. The minimum absolute atomic E-state index is 0.0320. The molecule has 0 aliphatic carbocycles. The third kappa shape index (κ3) is 2.75. The smallest absolute Gasteiger partial charge is 0.266 e. The zero-order chi connectivity index (χ0) is 13.9. The summed E-state index contributed by atoms with van der Waals surface area (Å²) in [6.07, 6.45) is 2.61. The van der Waals surface area contributed by atoms with Crippen molar-refractivity contribution in [1.29, 1.82) is 5.26 Å². The van der Waals surface area contributed by atoms with Gasteiger partial charge in [0.2, 0.25) is 0 Å². The summed E-state index contributed by atoms with van der Waals surface area (Å²) in [5.74, 6) is -0.161. The lowest BCUT2D eigenvalue weighted by Gasteiger charge is -2.08. The van der Waals surface area contributed by atoms with Crippen LogP contribution in [-0.2, 0) is 10.0 Å². The number of benzene rings is 1. The van der Waals surface area contributed by atoms with Gasteiger partial charge in [-0.3, -0.25) is 0 Å². The van der Waals surface area contributed by atoms with E-state index in [1.807, 2.05) is 6.07 Å². The zero-order valence-corrected chi connectivity index (χ0v) is 10.3. The Labute approximate surface area is 109 Å². The molecule has 1 aromatic carbocycles. The van der Waals surface area contributed by atoms with Crippen molar-refractivity contribution in [2.24, 2.45) is 0 Å². The highest BCUT2D eigenvalue weighted by atomic mass is 32.2. The topological polar surface area (TPSA) is 135 Å². The lowest BCUT2D eigenvalue weighted by molar-refractivity contribution is 0.601. The molecule has 0 bridgehead atoms. The quantitative estimate of drug-likeness (QED) is 0.760. The van der Waals surface area contributed by atoms with Gasteiger partial charge in [-0.2, -0.15) is 10.4 Å². The van der Waals surface area contributed by atoms with Crippen LogP contribution in [0.2, 0.25) is 0 Å². The Morgan fingerprint density at radius 1 is 1.32 bits per heavy atom. The fourth-order valence-electron chi connectivity index (χ4n) is 1.33. The zero-order valence-electron chi connectivity index (χ0n) is 9.48. The van der Waals surface area contributed by atoms with Crippen LogP contribution >= 0.6 is 0 Å². The van der Waals surface area contributed by atoms with Gasteiger partial charge < -0.3 is 5.73 Å². The van der Waals surface area contributed by atoms with Crippen molar-refractivity contribution < 1.29 is 8.42 Å². The lowest BCUT2D eigenvalue weighted by atomic mass is 10.2. The van der Waals surface area contributed by atoms with E-state index in [1.54, 1.807) is 0 Å². The minimum Gasteiger partial charge on any atom is -0.398 e. The first kappa shape index (κ1) is 12.7. The summed E-state index contributed by atoms with van der Waals surface area (Å²) in [6.45, 7) is 0. The Morgan fingerprint density at radius 3 is 2.68 bits per heavy atom. The van der Waals surface area contributed by atoms with E-state index >= 15 is 0 Å². The lowest BCUT2D eigenvalue weighted by Crippen LogP contribution is -2.16. The van der Waals surface area contributed by atoms with Gasteiger partial charge in [-0.15, -0.1) is 5.10 Å². The number of sulfonamides is 1. The van der Waals surface area contributed by atoms with Crippen LogP contribution in [0.15, 0.2) is 35.5 Å². The molecule has 0 saturated carbocycles. The molecule has 0 atom stereocenters. The maximum Gasteiger partial charge on any atom is 0.266 e. The molecule has 0 amide bonds. The van der Waals surface area contributed by atoms with Crippen molar-refractivity contribution in [1.82, 2.24) is 15.2 Å². The second kappa shape index (κ2) is 4.87. The third-order valence-corrected chi connectivity index (χ3v) is 3.54. The Bertz CT molecular complexity index is 738. The first-order chi connectivity index (χ1) is 9.03. The van der Waals surface area contributed by atoms with Crippen LogP contribution in [0, 0.1) is 11.3 Å². The second-order valence-corrected chi connectivity index (χ2v) is 5.09. The number of aromatic nitrogens is 3. The Hall–Kier alpha value is -2.73. The van der Waals surface area contributed by atoms with Gasteiger partial charge in [-0.05, 0) is 18.2 Å². The molecule has 9 heteroatoms. The van der Waals surface area contributed by atoms with Gasteiger partial charge in [-0.1, -0.05) is 0 Å². The summed E-state index contributed by atoms with van der Waals surface area (Å²) >= 11 is 0. The number of nitriles is 1. The van der Waals surface area contributed by atoms with Crippen LogP contribution in [0.3, 0.4) is 0 Å². The van der Waals surface area contributed by atoms with Gasteiger partial charge in [0, 0.05) is 0 Å². The van der Waals surface area contributed by atoms with Crippen LogP contribution in [0.4, 0.5) is 11.6 Å². The van der Waals surface area contributed by atoms with Crippen LogP contribution in [0.25, 0.3) is 0 Å². The van der Waals surface area contributed by atoms with Gasteiger partial charge in [0.25, 0.3) is 16.0 Å². The summed E-state index contributed by atoms with van der Waals surface area (Å²) in [4.78, 5) is 3.54. The third-order valence-electron chi connectivity index (χ3n) is 2.14. The van der Waals surface area contributed by atoms with E-state index in [9.17, 15) is 8.42 Å². The highest BCUT2D eigenvalue weighted by Crippen LogP contribution is 2.21. The van der Waals surface area contributed by atoms with Crippen molar-refractivity contribution in [3.05, 3.63) is 36.2 Å². The Morgan fingerprint density at radius 2 is 2.11 bits per heavy atom. The number of hydrogen-bond donors (Lipinski definition) is 2. The Kier molecular flexibility index (Phi) is 3.26. The van der Waals surface area contributed by atoms with E-state index in [-0.39, 0.29) is 22.1 Å². The first-order valence-electron chi connectivity index (χ1n) is 4.99. The van der Waals surface area contributed by atoms with Crippen LogP contribution in [0.5, 0.6) is 0 Å². The minimum atomic E-state index is -3.92. The maximum atomic E-state index is 12.0. The molecule has 2 aromatic rings. The van der Waals surface area contributed by atoms with Crippen molar-refractivity contribution in [2.45, 2.75) is 4.90 Å². The van der Waals surface area contributed by atoms with E-state index in [0.717, 1.165) is 0 Å². The molecule has 8 nitrogen and oxygen atoms in total. The molecular formula is C10H8N6O2S. The van der Waals surface area contributed by atoms with E-state index in [4.69, 9.17) is 11.0 Å². The fraction of sp³-hybridized carbons (Fsp3) is 0. The van der Waals surface area contributed by atoms with Crippen LogP contribution in [0.1, 0.15) is 5.56 Å². The van der Waals surface area contributed by atoms with Gasteiger partial charge in [0.15, 0.2) is 0 Å². The number of nitrogens with zero attached hydrogens (tertiary/aromatic N) is 4. The molecule has 96 valence electrons. The summed E-state index contributed by atoms with van der Waals surface area (Å²) in [6, 6.07) is 5.74. The summed E-state index contributed by atoms with van der Waals surface area (Å²) in [5, 5.41) is 15.7. The van der Waals surface area contributed by atoms with E-state index in [0.29, 0.717) is 0 Å². The number of hydrogen-bond acceptors (Lipinski definition) is 7. The SMILES string of the molecule is N#Cc1ccc(S(=O)(=O)Nc2nccnn2)c(N)c1. The molecule has 0 aliphatic heterocycles. The molecule has 2 rings (SSSR count). The summed E-state index contributed by atoms with van der Waals surface area (Å²) in [7, 11) is -3.92. The summed E-state index contributed by atoms with van der Waals surface area (Å²) < 4.78 is 26.2. The predicted octanol–water partition coefficient (Wildman–Crippen LogP) is 0.126. The monoisotopic (exact) mass is 276 g/mol. The second-order valence-electron chi connectivity index (χ2n) is 3.44.